The number of piperidine rings is 1. The van der Waals surface area contributed by atoms with Gasteiger partial charge in [-0.25, -0.2) is 9.18 Å². The lowest BCUT2D eigenvalue weighted by molar-refractivity contribution is 0.232. The van der Waals surface area contributed by atoms with Crippen molar-refractivity contribution >= 4 is 6.03 Å². The number of rotatable bonds is 2. The molecule has 0 aromatic heterocycles. The van der Waals surface area contributed by atoms with Crippen molar-refractivity contribution in [1.82, 2.24) is 16.0 Å². The van der Waals surface area contributed by atoms with Crippen LogP contribution in [0, 0.1) is 17.7 Å². The summed E-state index contributed by atoms with van der Waals surface area (Å²) in [5, 5.41) is 9.72. The standard InChI is InChI=1S/C17H20FN3O/c18-10-1-2-11-9(5-10)6-12-15(11)16(12)21-17(22)20-14-4-8-3-13(14)19-7-8/h1-2,5,8,12-16,19H,3-4,6-7H2,(H2,20,21,22)/t8-,12?,13+,14+,15?,16?/m0/s1. The maximum absolute atomic E-state index is 13.2. The van der Waals surface area contributed by atoms with Crippen molar-refractivity contribution in [3.8, 4) is 0 Å². The van der Waals surface area contributed by atoms with Gasteiger partial charge in [-0.05, 0) is 60.9 Å². The van der Waals surface area contributed by atoms with E-state index < -0.39 is 0 Å². The van der Waals surface area contributed by atoms with Crippen molar-refractivity contribution < 1.29 is 9.18 Å². The van der Waals surface area contributed by atoms with Crippen LogP contribution < -0.4 is 16.0 Å². The fourth-order valence-corrected chi connectivity index (χ4v) is 4.95. The van der Waals surface area contributed by atoms with Crippen molar-refractivity contribution in [1.29, 1.82) is 0 Å². The molecule has 1 aliphatic heterocycles. The van der Waals surface area contributed by atoms with Gasteiger partial charge in [0.05, 0.1) is 0 Å². The number of urea groups is 1. The minimum absolute atomic E-state index is 0.0394. The number of carbonyl (C=O) groups excluding carboxylic acids is 1. The minimum atomic E-state index is -0.161. The second kappa shape index (κ2) is 4.44. The zero-order valence-electron chi connectivity index (χ0n) is 12.3. The molecule has 2 amide bonds. The summed E-state index contributed by atoms with van der Waals surface area (Å²) in [5.41, 5.74) is 2.34. The fourth-order valence-electron chi connectivity index (χ4n) is 4.95. The molecule has 5 rings (SSSR count). The monoisotopic (exact) mass is 301 g/mol. The summed E-state index contributed by atoms with van der Waals surface area (Å²) in [6.07, 6.45) is 3.18. The van der Waals surface area contributed by atoms with E-state index in [9.17, 15) is 9.18 Å². The molecule has 1 heterocycles. The van der Waals surface area contributed by atoms with Crippen LogP contribution in [0.15, 0.2) is 18.2 Å². The Kier molecular flexibility index (Phi) is 2.60. The van der Waals surface area contributed by atoms with E-state index in [1.54, 1.807) is 6.07 Å². The van der Waals surface area contributed by atoms with Crippen molar-refractivity contribution in [3.63, 3.8) is 0 Å². The second-order valence-electron chi connectivity index (χ2n) is 7.34. The summed E-state index contributed by atoms with van der Waals surface area (Å²) in [4.78, 5) is 12.2. The zero-order valence-corrected chi connectivity index (χ0v) is 12.3. The number of halogens is 1. The fraction of sp³-hybridized carbons (Fsp3) is 0.588. The van der Waals surface area contributed by atoms with Crippen LogP contribution in [0.4, 0.5) is 9.18 Å². The molecule has 3 N–H and O–H groups in total. The molecule has 0 radical (unpaired) electrons. The van der Waals surface area contributed by atoms with E-state index in [0.29, 0.717) is 17.9 Å². The molecule has 3 aliphatic carbocycles. The summed E-state index contributed by atoms with van der Waals surface area (Å²) in [7, 11) is 0. The third kappa shape index (κ3) is 1.88. The zero-order chi connectivity index (χ0) is 14.8. The van der Waals surface area contributed by atoms with Crippen LogP contribution in [-0.2, 0) is 6.42 Å². The van der Waals surface area contributed by atoms with Gasteiger partial charge >= 0.3 is 6.03 Å². The second-order valence-corrected chi connectivity index (χ2v) is 7.34. The van der Waals surface area contributed by atoms with Crippen molar-refractivity contribution in [2.45, 2.75) is 43.3 Å². The van der Waals surface area contributed by atoms with Crippen molar-refractivity contribution in [2.75, 3.05) is 6.54 Å². The van der Waals surface area contributed by atoms with Crippen molar-refractivity contribution in [2.24, 2.45) is 11.8 Å². The summed E-state index contributed by atoms with van der Waals surface area (Å²) >= 11 is 0. The van der Waals surface area contributed by atoms with E-state index in [1.165, 1.54) is 18.1 Å². The molecule has 6 atom stereocenters. The average Bonchev–Trinajstić information content (AvgIpc) is 2.91. The number of carbonyl (C=O) groups is 1. The highest BCUT2D eigenvalue weighted by Crippen LogP contribution is 2.56. The van der Waals surface area contributed by atoms with Gasteiger partial charge in [0.1, 0.15) is 5.82 Å². The summed E-state index contributed by atoms with van der Waals surface area (Å²) in [6.45, 7) is 1.10. The lowest BCUT2D eigenvalue weighted by atomic mass is 10.0. The van der Waals surface area contributed by atoms with Gasteiger partial charge in [-0.1, -0.05) is 6.07 Å². The minimum Gasteiger partial charge on any atom is -0.334 e. The Morgan fingerprint density at radius 3 is 2.95 bits per heavy atom. The third-order valence-electron chi connectivity index (χ3n) is 6.03. The van der Waals surface area contributed by atoms with E-state index in [0.717, 1.165) is 30.9 Å². The molecule has 1 aromatic carbocycles. The summed E-state index contributed by atoms with van der Waals surface area (Å²) < 4.78 is 13.2. The van der Waals surface area contributed by atoms with Gasteiger partial charge in [-0.3, -0.25) is 0 Å². The smallest absolute Gasteiger partial charge is 0.315 e. The maximum atomic E-state index is 13.2. The highest BCUT2D eigenvalue weighted by Gasteiger charge is 2.56. The lowest BCUT2D eigenvalue weighted by Crippen LogP contribution is -2.51. The highest BCUT2D eigenvalue weighted by molar-refractivity contribution is 5.76. The van der Waals surface area contributed by atoms with Crippen LogP contribution in [0.2, 0.25) is 0 Å². The summed E-state index contributed by atoms with van der Waals surface area (Å²) in [6, 6.07) is 5.97. The predicted molar refractivity (Wildman–Crippen MR) is 80.1 cm³/mol. The Morgan fingerprint density at radius 2 is 2.18 bits per heavy atom. The van der Waals surface area contributed by atoms with Crippen LogP contribution in [0.5, 0.6) is 0 Å². The SMILES string of the molecule is O=C(NC1C2Cc3cc(F)ccc3C21)N[C@@H]1C[C@H]2CN[C@@H]1C2. The van der Waals surface area contributed by atoms with E-state index in [-0.39, 0.29) is 23.9 Å². The quantitative estimate of drug-likeness (QED) is 0.775. The number of benzene rings is 1. The Bertz CT molecular complexity index is 649. The Hall–Kier alpha value is -1.62. The predicted octanol–water partition coefficient (Wildman–Crippen LogP) is 1.51. The molecule has 2 saturated carbocycles. The highest BCUT2D eigenvalue weighted by atomic mass is 19.1. The summed E-state index contributed by atoms with van der Waals surface area (Å²) in [5.74, 6) is 1.42. The Morgan fingerprint density at radius 1 is 1.27 bits per heavy atom. The first-order chi connectivity index (χ1) is 10.7. The van der Waals surface area contributed by atoms with E-state index >= 15 is 0 Å². The van der Waals surface area contributed by atoms with E-state index in [2.05, 4.69) is 16.0 Å². The molecule has 3 unspecified atom stereocenters. The first kappa shape index (κ1) is 12.9. The molecule has 4 aliphatic rings. The van der Waals surface area contributed by atoms with Gasteiger partial charge in [-0.15, -0.1) is 0 Å². The molecule has 3 fully saturated rings. The molecule has 22 heavy (non-hydrogen) atoms. The Balaban J connectivity index is 1.20. The molecular weight excluding hydrogens is 281 g/mol. The number of nitrogens with one attached hydrogen (secondary N) is 3. The van der Waals surface area contributed by atoms with Gasteiger partial charge in [0.15, 0.2) is 0 Å². The largest absolute Gasteiger partial charge is 0.334 e. The van der Waals surface area contributed by atoms with Gasteiger partial charge in [0, 0.05) is 24.0 Å². The van der Waals surface area contributed by atoms with Gasteiger partial charge in [-0.2, -0.15) is 0 Å². The molecule has 1 saturated heterocycles. The molecule has 4 nitrogen and oxygen atoms in total. The van der Waals surface area contributed by atoms with Crippen LogP contribution in [0.1, 0.15) is 29.9 Å². The molecule has 5 heteroatoms. The van der Waals surface area contributed by atoms with Crippen LogP contribution >= 0.6 is 0 Å². The average molecular weight is 301 g/mol. The van der Waals surface area contributed by atoms with Gasteiger partial charge < -0.3 is 16.0 Å². The number of hydrogen-bond acceptors (Lipinski definition) is 2. The molecule has 2 bridgehead atoms. The van der Waals surface area contributed by atoms with E-state index in [4.69, 9.17) is 0 Å². The Labute approximate surface area is 128 Å². The van der Waals surface area contributed by atoms with Gasteiger partial charge in [0.25, 0.3) is 0 Å². The van der Waals surface area contributed by atoms with Crippen LogP contribution in [0.25, 0.3) is 0 Å². The molecule has 1 aromatic rings. The third-order valence-corrected chi connectivity index (χ3v) is 6.03. The topological polar surface area (TPSA) is 53.2 Å². The number of hydrogen-bond donors (Lipinski definition) is 3. The normalized spacial score (nSPS) is 40.2. The van der Waals surface area contributed by atoms with Crippen LogP contribution in [0.3, 0.4) is 0 Å². The van der Waals surface area contributed by atoms with Crippen LogP contribution in [-0.4, -0.2) is 30.7 Å². The number of fused-ring (bicyclic) bond motifs is 5. The lowest BCUT2D eigenvalue weighted by Gasteiger charge is -2.24. The first-order valence-electron chi connectivity index (χ1n) is 8.28. The molecule has 116 valence electrons. The molecule has 0 spiro atoms. The number of amides is 2. The van der Waals surface area contributed by atoms with Gasteiger partial charge in [0.2, 0.25) is 0 Å². The maximum Gasteiger partial charge on any atom is 0.315 e. The van der Waals surface area contributed by atoms with Crippen molar-refractivity contribution in [3.05, 3.63) is 35.1 Å². The van der Waals surface area contributed by atoms with E-state index in [1.807, 2.05) is 6.07 Å². The molecular formula is C17H20FN3O. The first-order valence-corrected chi connectivity index (χ1v) is 8.28.